The third-order valence-corrected chi connectivity index (χ3v) is 4.90. The Morgan fingerprint density at radius 3 is 2.45 bits per heavy atom. The fourth-order valence-electron chi connectivity index (χ4n) is 3.43. The molecule has 0 saturated heterocycles. The maximum absolute atomic E-state index is 6.05. The van der Waals surface area contributed by atoms with Crippen LogP contribution in [0.4, 0.5) is 0 Å². The third kappa shape index (κ3) is 4.79. The van der Waals surface area contributed by atoms with Crippen molar-refractivity contribution in [1.82, 2.24) is 5.32 Å². The molecule has 1 nitrogen and oxygen atoms in total. The summed E-state index contributed by atoms with van der Waals surface area (Å²) in [4.78, 5) is 0. The number of halogens is 1. The number of nitrogens with one attached hydrogen (secondary N) is 1. The molecule has 1 aromatic rings. The molecule has 1 aliphatic carbocycles. The summed E-state index contributed by atoms with van der Waals surface area (Å²) in [6.45, 7) is 7.01. The van der Waals surface area contributed by atoms with E-state index >= 15 is 0 Å². The fraction of sp³-hybridized carbons (Fsp3) is 0.667. The predicted octanol–water partition coefficient (Wildman–Crippen LogP) is 5.08. The Kier molecular flexibility index (Phi) is 5.92. The minimum absolute atomic E-state index is 0.522. The summed E-state index contributed by atoms with van der Waals surface area (Å²) in [5.41, 5.74) is 1.33. The monoisotopic (exact) mass is 293 g/mol. The van der Waals surface area contributed by atoms with Gasteiger partial charge in [-0.15, -0.1) is 0 Å². The van der Waals surface area contributed by atoms with Crippen molar-refractivity contribution in [2.24, 2.45) is 11.8 Å². The summed E-state index contributed by atoms with van der Waals surface area (Å²) in [5, 5.41) is 4.64. The minimum atomic E-state index is 0.522. The molecule has 20 heavy (non-hydrogen) atoms. The SMILES string of the molecule is CC(Cc1cccc(Cl)c1)NC1CCC(C(C)C)CC1. The van der Waals surface area contributed by atoms with E-state index in [1.54, 1.807) is 0 Å². The van der Waals surface area contributed by atoms with E-state index in [-0.39, 0.29) is 0 Å². The summed E-state index contributed by atoms with van der Waals surface area (Å²) in [7, 11) is 0. The standard InChI is InChI=1S/C18H28ClN/c1-13(2)16-7-9-18(10-8-16)20-14(3)11-15-5-4-6-17(19)12-15/h4-6,12-14,16,18,20H,7-11H2,1-3H3. The first-order valence-corrected chi connectivity index (χ1v) is 8.43. The van der Waals surface area contributed by atoms with Gasteiger partial charge in [0.05, 0.1) is 0 Å². The molecule has 112 valence electrons. The number of hydrogen-bond acceptors (Lipinski definition) is 1. The van der Waals surface area contributed by atoms with Crippen LogP contribution in [-0.2, 0) is 6.42 Å². The largest absolute Gasteiger partial charge is 0.311 e. The molecule has 1 atom stereocenters. The van der Waals surface area contributed by atoms with Crippen LogP contribution < -0.4 is 5.32 Å². The lowest BCUT2D eigenvalue weighted by Crippen LogP contribution is -2.40. The van der Waals surface area contributed by atoms with Gasteiger partial charge >= 0.3 is 0 Å². The summed E-state index contributed by atoms with van der Waals surface area (Å²) in [5.74, 6) is 1.79. The molecular formula is C18H28ClN. The molecule has 0 heterocycles. The van der Waals surface area contributed by atoms with Crippen molar-refractivity contribution in [3.05, 3.63) is 34.9 Å². The van der Waals surface area contributed by atoms with E-state index < -0.39 is 0 Å². The lowest BCUT2D eigenvalue weighted by Gasteiger charge is -2.33. The molecule has 0 spiro atoms. The zero-order valence-corrected chi connectivity index (χ0v) is 13.8. The molecule has 2 rings (SSSR count). The van der Waals surface area contributed by atoms with Crippen LogP contribution in [0.5, 0.6) is 0 Å². The van der Waals surface area contributed by atoms with E-state index in [4.69, 9.17) is 11.6 Å². The van der Waals surface area contributed by atoms with Crippen LogP contribution in [0.25, 0.3) is 0 Å². The summed E-state index contributed by atoms with van der Waals surface area (Å²) < 4.78 is 0. The van der Waals surface area contributed by atoms with Gasteiger partial charge in [0.1, 0.15) is 0 Å². The number of benzene rings is 1. The van der Waals surface area contributed by atoms with E-state index in [1.807, 2.05) is 12.1 Å². The molecule has 2 heteroatoms. The molecule has 1 fully saturated rings. The van der Waals surface area contributed by atoms with Crippen LogP contribution >= 0.6 is 11.6 Å². The Morgan fingerprint density at radius 1 is 1.15 bits per heavy atom. The van der Waals surface area contributed by atoms with Crippen LogP contribution in [0, 0.1) is 11.8 Å². The second-order valence-electron chi connectivity index (χ2n) is 6.76. The quantitative estimate of drug-likeness (QED) is 0.799. The Hall–Kier alpha value is -0.530. The highest BCUT2D eigenvalue weighted by atomic mass is 35.5. The molecule has 1 aliphatic rings. The van der Waals surface area contributed by atoms with Crippen molar-refractivity contribution < 1.29 is 0 Å². The lowest BCUT2D eigenvalue weighted by molar-refractivity contribution is 0.230. The Labute approximate surface area is 129 Å². The second kappa shape index (κ2) is 7.47. The van der Waals surface area contributed by atoms with Gasteiger partial charge in [0.25, 0.3) is 0 Å². The molecule has 0 bridgehead atoms. The highest BCUT2D eigenvalue weighted by Crippen LogP contribution is 2.30. The van der Waals surface area contributed by atoms with Crippen molar-refractivity contribution in [3.63, 3.8) is 0 Å². The molecule has 0 amide bonds. The molecular weight excluding hydrogens is 266 g/mol. The smallest absolute Gasteiger partial charge is 0.0408 e. The molecule has 1 aromatic carbocycles. The summed E-state index contributed by atoms with van der Waals surface area (Å²) in [6, 6.07) is 9.46. The van der Waals surface area contributed by atoms with Gasteiger partial charge in [-0.1, -0.05) is 37.6 Å². The molecule has 1 unspecified atom stereocenters. The number of hydrogen-bond donors (Lipinski definition) is 1. The average molecular weight is 294 g/mol. The van der Waals surface area contributed by atoms with Gasteiger partial charge < -0.3 is 5.32 Å². The van der Waals surface area contributed by atoms with Gasteiger partial charge in [0.15, 0.2) is 0 Å². The predicted molar refractivity (Wildman–Crippen MR) is 88.3 cm³/mol. The van der Waals surface area contributed by atoms with Gasteiger partial charge in [-0.25, -0.2) is 0 Å². The Morgan fingerprint density at radius 2 is 1.85 bits per heavy atom. The Balaban J connectivity index is 1.77. The zero-order valence-electron chi connectivity index (χ0n) is 13.0. The topological polar surface area (TPSA) is 12.0 Å². The molecule has 1 N–H and O–H groups in total. The van der Waals surface area contributed by atoms with Gasteiger partial charge in [0, 0.05) is 17.1 Å². The molecule has 0 aliphatic heterocycles. The average Bonchev–Trinajstić information content (AvgIpc) is 2.39. The van der Waals surface area contributed by atoms with E-state index in [1.165, 1.54) is 31.2 Å². The maximum Gasteiger partial charge on any atom is 0.0408 e. The summed E-state index contributed by atoms with van der Waals surface area (Å²) >= 11 is 6.05. The normalized spacial score (nSPS) is 24.9. The van der Waals surface area contributed by atoms with Crippen molar-refractivity contribution in [1.29, 1.82) is 0 Å². The lowest BCUT2D eigenvalue weighted by atomic mass is 9.79. The van der Waals surface area contributed by atoms with E-state index in [0.717, 1.165) is 23.3 Å². The summed E-state index contributed by atoms with van der Waals surface area (Å²) in [6.07, 6.45) is 6.51. The van der Waals surface area contributed by atoms with Gasteiger partial charge in [0.2, 0.25) is 0 Å². The second-order valence-corrected chi connectivity index (χ2v) is 7.19. The number of rotatable bonds is 5. The molecule has 0 radical (unpaired) electrons. The van der Waals surface area contributed by atoms with Gasteiger partial charge in [-0.3, -0.25) is 0 Å². The highest BCUT2D eigenvalue weighted by Gasteiger charge is 2.23. The van der Waals surface area contributed by atoms with Crippen molar-refractivity contribution in [2.75, 3.05) is 0 Å². The first-order chi connectivity index (χ1) is 9.54. The van der Waals surface area contributed by atoms with Crippen LogP contribution in [0.15, 0.2) is 24.3 Å². The minimum Gasteiger partial charge on any atom is -0.311 e. The van der Waals surface area contributed by atoms with Crippen LogP contribution in [0.2, 0.25) is 5.02 Å². The van der Waals surface area contributed by atoms with Gasteiger partial charge in [-0.2, -0.15) is 0 Å². The van der Waals surface area contributed by atoms with Crippen LogP contribution in [0.1, 0.15) is 52.0 Å². The maximum atomic E-state index is 6.05. The van der Waals surface area contributed by atoms with Crippen molar-refractivity contribution in [2.45, 2.75) is 65.0 Å². The first kappa shape index (κ1) is 15.9. The zero-order chi connectivity index (χ0) is 14.5. The fourth-order valence-corrected chi connectivity index (χ4v) is 3.64. The van der Waals surface area contributed by atoms with E-state index in [9.17, 15) is 0 Å². The first-order valence-electron chi connectivity index (χ1n) is 8.05. The molecule has 1 saturated carbocycles. The van der Waals surface area contributed by atoms with Crippen LogP contribution in [-0.4, -0.2) is 12.1 Å². The van der Waals surface area contributed by atoms with Gasteiger partial charge in [-0.05, 0) is 68.6 Å². The van der Waals surface area contributed by atoms with Crippen molar-refractivity contribution >= 4 is 11.6 Å². The molecule has 0 aromatic heterocycles. The van der Waals surface area contributed by atoms with E-state index in [2.05, 4.69) is 38.2 Å². The van der Waals surface area contributed by atoms with E-state index in [0.29, 0.717) is 12.1 Å². The third-order valence-electron chi connectivity index (χ3n) is 4.67. The highest BCUT2D eigenvalue weighted by molar-refractivity contribution is 6.30. The Bertz CT molecular complexity index is 408. The van der Waals surface area contributed by atoms with Crippen LogP contribution in [0.3, 0.4) is 0 Å². The van der Waals surface area contributed by atoms with Crippen molar-refractivity contribution in [3.8, 4) is 0 Å².